The summed E-state index contributed by atoms with van der Waals surface area (Å²) in [5.74, 6) is -1.13. The Kier molecular flexibility index (Phi) is 7.63. The highest BCUT2D eigenvalue weighted by Gasteiger charge is 2.30. The number of ether oxygens (including phenoxy) is 2. The van der Waals surface area contributed by atoms with Crippen molar-refractivity contribution in [1.82, 2.24) is 0 Å². The van der Waals surface area contributed by atoms with Crippen LogP contribution in [0.1, 0.15) is 18.1 Å². The quantitative estimate of drug-likeness (QED) is 0.488. The van der Waals surface area contributed by atoms with Gasteiger partial charge >= 0.3 is 6.18 Å². The van der Waals surface area contributed by atoms with Gasteiger partial charge in [0.05, 0.1) is 12.2 Å². The van der Waals surface area contributed by atoms with Crippen LogP contribution in [0.4, 0.5) is 18.9 Å². The van der Waals surface area contributed by atoms with Gasteiger partial charge in [-0.15, -0.1) is 0 Å². The number of amides is 2. The molecule has 0 spiro atoms. The lowest BCUT2D eigenvalue weighted by Crippen LogP contribution is -2.20. The summed E-state index contributed by atoms with van der Waals surface area (Å²) >= 11 is 0. The highest BCUT2D eigenvalue weighted by molar-refractivity contribution is 6.00. The summed E-state index contributed by atoms with van der Waals surface area (Å²) in [7, 11) is 0. The minimum Gasteiger partial charge on any atom is -0.490 e. The van der Waals surface area contributed by atoms with E-state index in [1.165, 1.54) is 36.4 Å². The van der Waals surface area contributed by atoms with Crippen molar-refractivity contribution in [2.24, 2.45) is 5.73 Å². The van der Waals surface area contributed by atoms with E-state index in [9.17, 15) is 22.8 Å². The Labute approximate surface area is 175 Å². The number of nitrogens with one attached hydrogen (secondary N) is 1. The van der Waals surface area contributed by atoms with Crippen LogP contribution in [0.3, 0.4) is 0 Å². The van der Waals surface area contributed by atoms with E-state index in [0.717, 1.165) is 12.1 Å². The first-order valence-corrected chi connectivity index (χ1v) is 8.92. The van der Waals surface area contributed by atoms with E-state index in [1.54, 1.807) is 13.0 Å². The molecule has 31 heavy (non-hydrogen) atoms. The minimum atomic E-state index is -4.53. The monoisotopic (exact) mass is 433 g/mol. The molecule has 2 amide bonds. The predicted molar refractivity (Wildman–Crippen MR) is 106 cm³/mol. The number of nitrogens with two attached hydrogens (primary N) is 1. The maximum Gasteiger partial charge on any atom is 0.416 e. The van der Waals surface area contributed by atoms with E-state index in [1.807, 2.05) is 0 Å². The van der Waals surface area contributed by atoms with Gasteiger partial charge in [0, 0.05) is 5.69 Å². The van der Waals surface area contributed by atoms with Gasteiger partial charge in [0.15, 0.2) is 18.1 Å². The molecule has 0 aromatic heterocycles. The molecule has 2 aromatic rings. The average molecular weight is 433 g/mol. The summed E-state index contributed by atoms with van der Waals surface area (Å²) in [6.45, 7) is 1.49. The Morgan fingerprint density at radius 2 is 1.90 bits per heavy atom. The standard InChI is InChI=1S/C21H18F3N3O4/c1-2-30-18-9-13(8-14(11-25)20(26)29)6-7-17(18)31-12-19(28)27-16-5-3-4-15(10-16)21(22,23)24/h3-10H,2,12H2,1H3,(H2,26,29)(H,27,28)/b14-8-. The largest absolute Gasteiger partial charge is 0.490 e. The Balaban J connectivity index is 2.11. The molecule has 0 saturated heterocycles. The molecule has 0 saturated carbocycles. The molecule has 2 rings (SSSR count). The Morgan fingerprint density at radius 1 is 1.16 bits per heavy atom. The number of benzene rings is 2. The second-order valence-corrected chi connectivity index (χ2v) is 6.09. The third-order valence-corrected chi connectivity index (χ3v) is 3.80. The average Bonchev–Trinajstić information content (AvgIpc) is 2.71. The number of hydrogen-bond acceptors (Lipinski definition) is 5. The van der Waals surface area contributed by atoms with Gasteiger partial charge < -0.3 is 20.5 Å². The van der Waals surface area contributed by atoms with Crippen LogP contribution in [0.25, 0.3) is 6.08 Å². The molecule has 0 heterocycles. The van der Waals surface area contributed by atoms with Crippen molar-refractivity contribution in [2.75, 3.05) is 18.5 Å². The highest BCUT2D eigenvalue weighted by atomic mass is 19.4. The highest BCUT2D eigenvalue weighted by Crippen LogP contribution is 2.31. The molecule has 0 aliphatic heterocycles. The summed E-state index contributed by atoms with van der Waals surface area (Å²) in [4.78, 5) is 23.3. The zero-order valence-corrected chi connectivity index (χ0v) is 16.3. The smallest absolute Gasteiger partial charge is 0.416 e. The molecule has 0 fully saturated rings. The van der Waals surface area contributed by atoms with Crippen molar-refractivity contribution >= 4 is 23.6 Å². The van der Waals surface area contributed by atoms with E-state index in [4.69, 9.17) is 20.5 Å². The number of anilines is 1. The summed E-state index contributed by atoms with van der Waals surface area (Å²) in [5, 5.41) is 11.3. The van der Waals surface area contributed by atoms with Crippen LogP contribution in [0, 0.1) is 11.3 Å². The number of carbonyl (C=O) groups is 2. The molecule has 0 atom stereocenters. The van der Waals surface area contributed by atoms with Crippen LogP contribution in [0.15, 0.2) is 48.0 Å². The number of nitrogens with zero attached hydrogens (tertiary/aromatic N) is 1. The molecule has 0 unspecified atom stereocenters. The zero-order valence-electron chi connectivity index (χ0n) is 16.3. The summed E-state index contributed by atoms with van der Waals surface area (Å²) in [6, 6.07) is 10.4. The van der Waals surface area contributed by atoms with Crippen molar-refractivity contribution in [3.8, 4) is 17.6 Å². The molecular weight excluding hydrogens is 415 g/mol. The number of nitriles is 1. The van der Waals surface area contributed by atoms with Crippen LogP contribution >= 0.6 is 0 Å². The molecule has 0 radical (unpaired) electrons. The fraction of sp³-hybridized carbons (Fsp3) is 0.190. The van der Waals surface area contributed by atoms with E-state index >= 15 is 0 Å². The molecule has 0 aliphatic carbocycles. The Hall–Kier alpha value is -4.00. The first-order valence-electron chi connectivity index (χ1n) is 8.92. The second kappa shape index (κ2) is 10.2. The maximum atomic E-state index is 12.8. The fourth-order valence-corrected chi connectivity index (χ4v) is 2.44. The van der Waals surface area contributed by atoms with E-state index < -0.39 is 30.2 Å². The molecular formula is C21H18F3N3O4. The molecule has 7 nitrogen and oxygen atoms in total. The zero-order chi connectivity index (χ0) is 23.0. The lowest BCUT2D eigenvalue weighted by molar-refractivity contribution is -0.137. The molecule has 162 valence electrons. The van der Waals surface area contributed by atoms with E-state index in [-0.39, 0.29) is 29.4 Å². The normalized spacial score (nSPS) is 11.4. The van der Waals surface area contributed by atoms with Crippen LogP contribution in [0.2, 0.25) is 0 Å². The maximum absolute atomic E-state index is 12.8. The number of rotatable bonds is 8. The minimum absolute atomic E-state index is 0.0237. The molecule has 0 aliphatic rings. The molecule has 0 bridgehead atoms. The van der Waals surface area contributed by atoms with Crippen LogP contribution in [0.5, 0.6) is 11.5 Å². The van der Waals surface area contributed by atoms with Crippen molar-refractivity contribution in [1.29, 1.82) is 5.26 Å². The summed E-state index contributed by atoms with van der Waals surface area (Å²) in [6.07, 6.45) is -3.26. The van der Waals surface area contributed by atoms with Crippen molar-refractivity contribution < 1.29 is 32.2 Å². The van der Waals surface area contributed by atoms with Gasteiger partial charge in [0.2, 0.25) is 0 Å². The summed E-state index contributed by atoms with van der Waals surface area (Å²) in [5.41, 5.74) is 4.39. The van der Waals surface area contributed by atoms with Crippen LogP contribution < -0.4 is 20.5 Å². The third kappa shape index (κ3) is 6.78. The first-order chi connectivity index (χ1) is 14.6. The van der Waals surface area contributed by atoms with E-state index in [0.29, 0.717) is 5.56 Å². The van der Waals surface area contributed by atoms with Crippen molar-refractivity contribution in [2.45, 2.75) is 13.1 Å². The SMILES string of the molecule is CCOc1cc(/C=C(/C#N)C(N)=O)ccc1OCC(=O)Nc1cccc(C(F)(F)F)c1. The molecule has 10 heteroatoms. The third-order valence-electron chi connectivity index (χ3n) is 3.80. The lowest BCUT2D eigenvalue weighted by Gasteiger charge is -2.13. The Bertz CT molecular complexity index is 1040. The number of hydrogen-bond donors (Lipinski definition) is 2. The second-order valence-electron chi connectivity index (χ2n) is 6.09. The van der Waals surface area contributed by atoms with Gasteiger partial charge in [-0.2, -0.15) is 18.4 Å². The van der Waals surface area contributed by atoms with Crippen LogP contribution in [-0.2, 0) is 15.8 Å². The van der Waals surface area contributed by atoms with Gasteiger partial charge in [0.1, 0.15) is 11.6 Å². The van der Waals surface area contributed by atoms with Crippen LogP contribution in [-0.4, -0.2) is 25.0 Å². The predicted octanol–water partition coefficient (Wildman–Crippen LogP) is 3.51. The first kappa shape index (κ1) is 23.3. The molecule has 3 N–H and O–H groups in total. The Morgan fingerprint density at radius 3 is 2.52 bits per heavy atom. The number of primary amides is 1. The number of alkyl halides is 3. The van der Waals surface area contributed by atoms with Gasteiger partial charge in [-0.3, -0.25) is 9.59 Å². The van der Waals surface area contributed by atoms with Gasteiger partial charge in [-0.05, 0) is 48.9 Å². The topological polar surface area (TPSA) is 114 Å². The van der Waals surface area contributed by atoms with Gasteiger partial charge in [-0.25, -0.2) is 0 Å². The summed E-state index contributed by atoms with van der Waals surface area (Å²) < 4.78 is 49.2. The fourth-order valence-electron chi connectivity index (χ4n) is 2.44. The number of carbonyl (C=O) groups excluding carboxylic acids is 2. The lowest BCUT2D eigenvalue weighted by atomic mass is 10.1. The van der Waals surface area contributed by atoms with Gasteiger partial charge in [-0.1, -0.05) is 12.1 Å². The van der Waals surface area contributed by atoms with Crippen molar-refractivity contribution in [3.63, 3.8) is 0 Å². The van der Waals surface area contributed by atoms with E-state index in [2.05, 4.69) is 5.32 Å². The number of halogens is 3. The van der Waals surface area contributed by atoms with Crippen molar-refractivity contribution in [3.05, 3.63) is 59.2 Å². The van der Waals surface area contributed by atoms with Gasteiger partial charge in [0.25, 0.3) is 11.8 Å². The molecule has 2 aromatic carbocycles.